The third-order valence-electron chi connectivity index (χ3n) is 2.19. The Labute approximate surface area is 95.1 Å². The predicted molar refractivity (Wildman–Crippen MR) is 63.0 cm³/mol. The first-order chi connectivity index (χ1) is 7.54. The molecule has 0 saturated carbocycles. The van der Waals surface area contributed by atoms with E-state index in [9.17, 15) is 4.79 Å². The molecule has 0 aliphatic heterocycles. The lowest BCUT2D eigenvalue weighted by Crippen LogP contribution is -2.37. The Morgan fingerprint density at radius 1 is 1.50 bits per heavy atom. The van der Waals surface area contributed by atoms with E-state index in [4.69, 9.17) is 5.73 Å². The minimum absolute atomic E-state index is 0.0269. The monoisotopic (exact) mass is 223 g/mol. The van der Waals surface area contributed by atoms with E-state index < -0.39 is 0 Å². The highest BCUT2D eigenvalue weighted by Gasteiger charge is 2.12. The molecule has 1 amide bonds. The number of anilines is 2. The Bertz CT molecular complexity index is 366. The molecular weight excluding hydrogens is 206 g/mol. The topological polar surface area (TPSA) is 75.4 Å². The summed E-state index contributed by atoms with van der Waals surface area (Å²) in [7, 11) is 3.45. The van der Waals surface area contributed by atoms with Crippen LogP contribution in [0.5, 0.6) is 0 Å². The Morgan fingerprint density at radius 3 is 2.69 bits per heavy atom. The van der Waals surface area contributed by atoms with Gasteiger partial charge in [0.2, 0.25) is 11.9 Å². The van der Waals surface area contributed by atoms with Gasteiger partial charge in [0, 0.05) is 26.8 Å². The highest BCUT2D eigenvalue weighted by molar-refractivity contribution is 5.80. The van der Waals surface area contributed by atoms with Crippen molar-refractivity contribution in [1.29, 1.82) is 0 Å². The average molecular weight is 223 g/mol. The summed E-state index contributed by atoms with van der Waals surface area (Å²) < 4.78 is 0. The number of carbonyl (C=O) groups is 1. The van der Waals surface area contributed by atoms with Gasteiger partial charge in [-0.25, -0.2) is 4.98 Å². The standard InChI is InChI=1S/C10H17N5O/c1-4-15(7-9(16)14(2)3)8-5-6-12-10(11)13-8/h5-6H,4,7H2,1-3H3,(H2,11,12,13). The van der Waals surface area contributed by atoms with Crippen LogP contribution in [0.15, 0.2) is 12.3 Å². The van der Waals surface area contributed by atoms with Crippen LogP contribution in [0.25, 0.3) is 0 Å². The van der Waals surface area contributed by atoms with Gasteiger partial charge in [-0.05, 0) is 13.0 Å². The molecule has 0 atom stereocenters. The zero-order chi connectivity index (χ0) is 12.1. The number of likely N-dealkylation sites (N-methyl/N-ethyl adjacent to an activating group) is 2. The molecule has 1 rings (SSSR count). The number of nitrogens with zero attached hydrogens (tertiary/aromatic N) is 4. The summed E-state index contributed by atoms with van der Waals surface area (Å²) >= 11 is 0. The third kappa shape index (κ3) is 3.08. The van der Waals surface area contributed by atoms with Gasteiger partial charge >= 0.3 is 0 Å². The van der Waals surface area contributed by atoms with Crippen LogP contribution in [-0.4, -0.2) is 48.0 Å². The Balaban J connectivity index is 2.78. The number of carbonyl (C=O) groups excluding carboxylic acids is 1. The van der Waals surface area contributed by atoms with Gasteiger partial charge in [0.15, 0.2) is 0 Å². The fraction of sp³-hybridized carbons (Fsp3) is 0.500. The molecule has 1 aromatic rings. The van der Waals surface area contributed by atoms with Crippen LogP contribution < -0.4 is 10.6 Å². The second-order valence-corrected chi connectivity index (χ2v) is 3.58. The molecular formula is C10H17N5O. The highest BCUT2D eigenvalue weighted by atomic mass is 16.2. The number of nitrogens with two attached hydrogens (primary N) is 1. The fourth-order valence-corrected chi connectivity index (χ4v) is 1.20. The molecule has 0 radical (unpaired) electrons. The van der Waals surface area contributed by atoms with E-state index in [0.29, 0.717) is 18.9 Å². The zero-order valence-electron chi connectivity index (χ0n) is 9.84. The molecule has 16 heavy (non-hydrogen) atoms. The van der Waals surface area contributed by atoms with E-state index in [-0.39, 0.29) is 11.9 Å². The maximum absolute atomic E-state index is 11.6. The van der Waals surface area contributed by atoms with Crippen molar-refractivity contribution in [3.63, 3.8) is 0 Å². The lowest BCUT2D eigenvalue weighted by Gasteiger charge is -2.22. The SMILES string of the molecule is CCN(CC(=O)N(C)C)c1ccnc(N)n1. The largest absolute Gasteiger partial charge is 0.368 e. The Morgan fingerprint density at radius 2 is 2.19 bits per heavy atom. The molecule has 1 heterocycles. The molecule has 0 unspecified atom stereocenters. The summed E-state index contributed by atoms with van der Waals surface area (Å²) in [5, 5.41) is 0. The van der Waals surface area contributed by atoms with Gasteiger partial charge in [0.1, 0.15) is 5.82 Å². The molecule has 2 N–H and O–H groups in total. The van der Waals surface area contributed by atoms with E-state index in [0.717, 1.165) is 0 Å². The maximum atomic E-state index is 11.6. The number of hydrogen-bond acceptors (Lipinski definition) is 5. The maximum Gasteiger partial charge on any atom is 0.241 e. The molecule has 0 aliphatic carbocycles. The van der Waals surface area contributed by atoms with Crippen LogP contribution in [0.4, 0.5) is 11.8 Å². The van der Waals surface area contributed by atoms with Crippen molar-refractivity contribution in [2.75, 3.05) is 37.8 Å². The number of nitrogen functional groups attached to an aromatic ring is 1. The van der Waals surface area contributed by atoms with E-state index in [1.165, 1.54) is 0 Å². The van der Waals surface area contributed by atoms with Crippen molar-refractivity contribution >= 4 is 17.7 Å². The first-order valence-corrected chi connectivity index (χ1v) is 5.08. The molecule has 6 heteroatoms. The van der Waals surface area contributed by atoms with E-state index in [2.05, 4.69) is 9.97 Å². The summed E-state index contributed by atoms with van der Waals surface area (Å²) in [6.45, 7) is 2.94. The van der Waals surface area contributed by atoms with Crippen LogP contribution in [0.2, 0.25) is 0 Å². The van der Waals surface area contributed by atoms with Gasteiger partial charge < -0.3 is 15.5 Å². The first kappa shape index (κ1) is 12.2. The van der Waals surface area contributed by atoms with E-state index in [1.54, 1.807) is 31.3 Å². The number of amides is 1. The molecule has 0 aromatic carbocycles. The number of hydrogen-bond donors (Lipinski definition) is 1. The van der Waals surface area contributed by atoms with Gasteiger partial charge in [-0.1, -0.05) is 0 Å². The van der Waals surface area contributed by atoms with Crippen LogP contribution in [0.1, 0.15) is 6.92 Å². The molecule has 0 spiro atoms. The normalized spacial score (nSPS) is 9.94. The summed E-state index contributed by atoms with van der Waals surface area (Å²) in [5.41, 5.74) is 5.50. The Kier molecular flexibility index (Phi) is 4.04. The van der Waals surface area contributed by atoms with Gasteiger partial charge in [-0.3, -0.25) is 4.79 Å². The fourth-order valence-electron chi connectivity index (χ4n) is 1.20. The summed E-state index contributed by atoms with van der Waals surface area (Å²) in [5.74, 6) is 0.914. The van der Waals surface area contributed by atoms with E-state index in [1.807, 2.05) is 11.8 Å². The van der Waals surface area contributed by atoms with Gasteiger partial charge in [-0.2, -0.15) is 4.98 Å². The second kappa shape index (κ2) is 5.29. The van der Waals surface area contributed by atoms with Crippen molar-refractivity contribution in [3.05, 3.63) is 12.3 Å². The molecule has 0 fully saturated rings. The van der Waals surface area contributed by atoms with Crippen molar-refractivity contribution < 1.29 is 4.79 Å². The third-order valence-corrected chi connectivity index (χ3v) is 2.19. The second-order valence-electron chi connectivity index (χ2n) is 3.58. The predicted octanol–water partition coefficient (Wildman–Crippen LogP) is -0.0267. The van der Waals surface area contributed by atoms with Gasteiger partial charge in [0.25, 0.3) is 0 Å². The van der Waals surface area contributed by atoms with Crippen LogP contribution in [-0.2, 0) is 4.79 Å². The van der Waals surface area contributed by atoms with Crippen molar-refractivity contribution in [3.8, 4) is 0 Å². The lowest BCUT2D eigenvalue weighted by molar-refractivity contribution is -0.127. The molecule has 0 bridgehead atoms. The van der Waals surface area contributed by atoms with Crippen molar-refractivity contribution in [2.24, 2.45) is 0 Å². The number of aromatic nitrogens is 2. The molecule has 0 saturated heterocycles. The summed E-state index contributed by atoms with van der Waals surface area (Å²) in [6.07, 6.45) is 1.58. The van der Waals surface area contributed by atoms with Crippen molar-refractivity contribution in [2.45, 2.75) is 6.92 Å². The van der Waals surface area contributed by atoms with Gasteiger partial charge in [-0.15, -0.1) is 0 Å². The van der Waals surface area contributed by atoms with Gasteiger partial charge in [0.05, 0.1) is 6.54 Å². The van der Waals surface area contributed by atoms with E-state index >= 15 is 0 Å². The summed E-state index contributed by atoms with van der Waals surface area (Å²) in [6, 6.07) is 1.74. The minimum atomic E-state index is 0.0269. The highest BCUT2D eigenvalue weighted by Crippen LogP contribution is 2.10. The first-order valence-electron chi connectivity index (χ1n) is 5.08. The minimum Gasteiger partial charge on any atom is -0.368 e. The smallest absolute Gasteiger partial charge is 0.241 e. The molecule has 1 aromatic heterocycles. The van der Waals surface area contributed by atoms with Crippen LogP contribution >= 0.6 is 0 Å². The zero-order valence-corrected chi connectivity index (χ0v) is 9.84. The van der Waals surface area contributed by atoms with Crippen LogP contribution in [0.3, 0.4) is 0 Å². The Hall–Kier alpha value is -1.85. The quantitative estimate of drug-likeness (QED) is 0.776. The molecule has 6 nitrogen and oxygen atoms in total. The van der Waals surface area contributed by atoms with Crippen LogP contribution in [0, 0.1) is 0 Å². The summed E-state index contributed by atoms with van der Waals surface area (Å²) in [4.78, 5) is 22.9. The van der Waals surface area contributed by atoms with Crippen molar-refractivity contribution in [1.82, 2.24) is 14.9 Å². The molecule has 88 valence electrons. The average Bonchev–Trinajstić information content (AvgIpc) is 2.25. The lowest BCUT2D eigenvalue weighted by atomic mass is 10.4. The molecule has 0 aliphatic rings. The number of rotatable bonds is 4.